The monoisotopic (exact) mass is 244 g/mol. The summed E-state index contributed by atoms with van der Waals surface area (Å²) in [5.41, 5.74) is 3.81. The van der Waals surface area contributed by atoms with E-state index in [1.54, 1.807) is 11.3 Å². The van der Waals surface area contributed by atoms with Crippen molar-refractivity contribution >= 4 is 32.3 Å². The second kappa shape index (κ2) is 4.31. The molecule has 17 heavy (non-hydrogen) atoms. The Kier molecular flexibility index (Phi) is 2.66. The molecule has 3 nitrogen and oxygen atoms in total. The zero-order valence-electron chi connectivity index (χ0n) is 9.43. The van der Waals surface area contributed by atoms with E-state index >= 15 is 0 Å². The maximum atomic E-state index is 5.35. The third-order valence-corrected chi connectivity index (χ3v) is 3.55. The minimum atomic E-state index is 0.665. The van der Waals surface area contributed by atoms with Crippen molar-refractivity contribution < 1.29 is 4.84 Å². The van der Waals surface area contributed by atoms with E-state index < -0.39 is 0 Å². The summed E-state index contributed by atoms with van der Waals surface area (Å²) in [6, 6.07) is 12.4. The number of hydroxylamine groups is 1. The minimum absolute atomic E-state index is 0.665. The van der Waals surface area contributed by atoms with Crippen molar-refractivity contribution in [3.8, 4) is 5.19 Å². The van der Waals surface area contributed by atoms with Crippen molar-refractivity contribution in [1.82, 2.24) is 10.5 Å². The number of fused-ring (bicyclic) bond motifs is 3. The van der Waals surface area contributed by atoms with Gasteiger partial charge in [0.15, 0.2) is 0 Å². The summed E-state index contributed by atoms with van der Waals surface area (Å²) < 4.78 is 1.18. The van der Waals surface area contributed by atoms with Crippen LogP contribution in [0.25, 0.3) is 21.0 Å². The predicted molar refractivity (Wildman–Crippen MR) is 71.4 cm³/mol. The molecule has 0 amide bonds. The Bertz CT molecular complexity index is 663. The summed E-state index contributed by atoms with van der Waals surface area (Å²) in [6.45, 7) is 2.75. The van der Waals surface area contributed by atoms with Crippen LogP contribution in [0.4, 0.5) is 0 Å². The number of benzene rings is 2. The lowest BCUT2D eigenvalue weighted by molar-refractivity contribution is 0.202. The molecule has 1 N–H and O–H groups in total. The van der Waals surface area contributed by atoms with Crippen molar-refractivity contribution in [2.24, 2.45) is 0 Å². The first-order chi connectivity index (χ1) is 8.38. The van der Waals surface area contributed by atoms with Gasteiger partial charge in [0.1, 0.15) is 0 Å². The van der Waals surface area contributed by atoms with Gasteiger partial charge in [0.25, 0.3) is 5.19 Å². The molecule has 2 aromatic carbocycles. The number of hydrogen-bond donors (Lipinski definition) is 1. The maximum absolute atomic E-state index is 5.35. The summed E-state index contributed by atoms with van der Waals surface area (Å²) in [7, 11) is 0. The third kappa shape index (κ3) is 1.85. The molecule has 0 aliphatic heterocycles. The molecule has 0 saturated heterocycles. The quantitative estimate of drug-likeness (QED) is 0.717. The number of rotatable bonds is 3. The van der Waals surface area contributed by atoms with Gasteiger partial charge >= 0.3 is 0 Å². The summed E-state index contributed by atoms with van der Waals surface area (Å²) in [5, 5.41) is 3.13. The number of aromatic nitrogens is 1. The van der Waals surface area contributed by atoms with Gasteiger partial charge in [-0.1, -0.05) is 41.7 Å². The minimum Gasteiger partial charge on any atom is -0.377 e. The fourth-order valence-electron chi connectivity index (χ4n) is 1.81. The molecule has 1 aromatic heterocycles. The smallest absolute Gasteiger partial charge is 0.295 e. The molecule has 0 fully saturated rings. The van der Waals surface area contributed by atoms with Gasteiger partial charge in [-0.15, -0.1) is 0 Å². The highest BCUT2D eigenvalue weighted by molar-refractivity contribution is 7.21. The highest BCUT2D eigenvalue weighted by atomic mass is 32.1. The third-order valence-electron chi connectivity index (χ3n) is 2.56. The predicted octanol–water partition coefficient (Wildman–Crippen LogP) is 3.35. The Hall–Kier alpha value is -1.65. The van der Waals surface area contributed by atoms with Crippen LogP contribution >= 0.6 is 11.3 Å². The van der Waals surface area contributed by atoms with Gasteiger partial charge in [0.05, 0.1) is 10.2 Å². The van der Waals surface area contributed by atoms with E-state index in [-0.39, 0.29) is 0 Å². The second-order valence-corrected chi connectivity index (χ2v) is 4.68. The molecule has 4 heteroatoms. The van der Waals surface area contributed by atoms with Gasteiger partial charge < -0.3 is 4.84 Å². The highest BCUT2D eigenvalue weighted by Gasteiger charge is 2.07. The molecule has 0 spiro atoms. The molecule has 0 aliphatic rings. The number of hydrogen-bond acceptors (Lipinski definition) is 4. The second-order valence-electron chi connectivity index (χ2n) is 3.71. The van der Waals surface area contributed by atoms with Crippen LogP contribution in [0.3, 0.4) is 0 Å². The topological polar surface area (TPSA) is 34.1 Å². The highest BCUT2D eigenvalue weighted by Crippen LogP contribution is 2.33. The molecule has 86 valence electrons. The van der Waals surface area contributed by atoms with Crippen LogP contribution in [0.15, 0.2) is 36.4 Å². The zero-order valence-corrected chi connectivity index (χ0v) is 10.3. The van der Waals surface area contributed by atoms with Crippen LogP contribution in [0, 0.1) is 0 Å². The van der Waals surface area contributed by atoms with Crippen LogP contribution in [0.5, 0.6) is 5.19 Å². The Morgan fingerprint density at radius 1 is 1.24 bits per heavy atom. The van der Waals surface area contributed by atoms with E-state index in [0.717, 1.165) is 12.1 Å². The summed E-state index contributed by atoms with van der Waals surface area (Å²) in [4.78, 5) is 9.78. The van der Waals surface area contributed by atoms with Crippen LogP contribution in [-0.2, 0) is 0 Å². The van der Waals surface area contributed by atoms with Crippen LogP contribution < -0.4 is 10.3 Å². The van der Waals surface area contributed by atoms with Gasteiger partial charge in [-0.2, -0.15) is 5.48 Å². The van der Waals surface area contributed by atoms with Crippen molar-refractivity contribution in [3.63, 3.8) is 0 Å². The van der Waals surface area contributed by atoms with Crippen LogP contribution in [-0.4, -0.2) is 11.5 Å². The number of nitrogens with one attached hydrogen (secondary N) is 1. The Balaban J connectivity index is 2.17. The molecule has 3 rings (SSSR count). The van der Waals surface area contributed by atoms with E-state index in [0.29, 0.717) is 5.19 Å². The molecular weight excluding hydrogens is 232 g/mol. The van der Waals surface area contributed by atoms with Crippen molar-refractivity contribution in [3.05, 3.63) is 36.4 Å². The summed E-state index contributed by atoms with van der Waals surface area (Å²) in [6.07, 6.45) is 0. The summed E-state index contributed by atoms with van der Waals surface area (Å²) in [5.74, 6) is 0. The maximum Gasteiger partial charge on any atom is 0.295 e. The fourth-order valence-corrected chi connectivity index (χ4v) is 2.75. The first-order valence-corrected chi connectivity index (χ1v) is 6.38. The molecule has 0 unspecified atom stereocenters. The van der Waals surface area contributed by atoms with Gasteiger partial charge in [-0.3, -0.25) is 0 Å². The van der Waals surface area contributed by atoms with Crippen molar-refractivity contribution in [2.75, 3.05) is 6.54 Å². The number of nitrogens with zero attached hydrogens (tertiary/aromatic N) is 1. The Morgan fingerprint density at radius 2 is 2.12 bits per heavy atom. The van der Waals surface area contributed by atoms with E-state index in [4.69, 9.17) is 4.84 Å². The lowest BCUT2D eigenvalue weighted by atomic mass is 10.1. The van der Waals surface area contributed by atoms with Crippen molar-refractivity contribution in [1.29, 1.82) is 0 Å². The lowest BCUT2D eigenvalue weighted by Gasteiger charge is -1.97. The zero-order chi connectivity index (χ0) is 11.7. The van der Waals surface area contributed by atoms with Gasteiger partial charge in [0.2, 0.25) is 0 Å². The average Bonchev–Trinajstić information content (AvgIpc) is 2.79. The van der Waals surface area contributed by atoms with Crippen LogP contribution in [0.1, 0.15) is 6.92 Å². The first-order valence-electron chi connectivity index (χ1n) is 5.56. The molecule has 0 atom stereocenters. The average molecular weight is 244 g/mol. The van der Waals surface area contributed by atoms with E-state index in [2.05, 4.69) is 28.7 Å². The molecule has 3 aromatic rings. The molecule has 0 radical (unpaired) electrons. The Labute approximate surface area is 103 Å². The van der Waals surface area contributed by atoms with E-state index in [1.165, 1.54) is 15.5 Å². The summed E-state index contributed by atoms with van der Waals surface area (Å²) >= 11 is 1.57. The normalized spacial score (nSPS) is 11.1. The molecule has 1 heterocycles. The standard InChI is InChI=1S/C13H12N2OS/c1-2-14-16-13-15-11-8-7-9-5-3-4-6-10(9)12(11)17-13/h3-8,14H,2H2,1H3. The first kappa shape index (κ1) is 10.5. The SMILES string of the molecule is CCNOc1nc2ccc3ccccc3c2s1. The van der Waals surface area contributed by atoms with E-state index in [9.17, 15) is 0 Å². The number of thiazole rings is 1. The largest absolute Gasteiger partial charge is 0.377 e. The van der Waals surface area contributed by atoms with Gasteiger partial charge in [-0.25, -0.2) is 4.98 Å². The lowest BCUT2D eigenvalue weighted by Crippen LogP contribution is -2.16. The molecule has 0 aliphatic carbocycles. The van der Waals surface area contributed by atoms with E-state index in [1.807, 2.05) is 25.1 Å². The van der Waals surface area contributed by atoms with Crippen LogP contribution in [0.2, 0.25) is 0 Å². The fraction of sp³-hybridized carbons (Fsp3) is 0.154. The van der Waals surface area contributed by atoms with Gasteiger partial charge in [0, 0.05) is 11.9 Å². The Morgan fingerprint density at radius 3 is 3.00 bits per heavy atom. The molecule has 0 saturated carbocycles. The van der Waals surface area contributed by atoms with Crippen molar-refractivity contribution in [2.45, 2.75) is 6.92 Å². The molecule has 0 bridgehead atoms. The van der Waals surface area contributed by atoms with Gasteiger partial charge in [-0.05, 0) is 18.4 Å². The molecular formula is C13H12N2OS.